The monoisotopic (exact) mass is 367 g/mol. The van der Waals surface area contributed by atoms with Gasteiger partial charge in [-0.25, -0.2) is 0 Å². The molecule has 0 heterocycles. The summed E-state index contributed by atoms with van der Waals surface area (Å²) < 4.78 is 29.6. The third kappa shape index (κ3) is 7.21. The van der Waals surface area contributed by atoms with Crippen molar-refractivity contribution in [3.63, 3.8) is 0 Å². The molecule has 0 amide bonds. The van der Waals surface area contributed by atoms with E-state index in [2.05, 4.69) is 5.32 Å². The Balaban J connectivity index is 0.000000257. The van der Waals surface area contributed by atoms with Crippen LogP contribution in [-0.4, -0.2) is 36.6 Å². The summed E-state index contributed by atoms with van der Waals surface area (Å²) in [5, 5.41) is 11.4. The molecule has 9 heteroatoms. The highest BCUT2D eigenvalue weighted by Gasteiger charge is 2.10. The van der Waals surface area contributed by atoms with Gasteiger partial charge < -0.3 is 21.9 Å². The Hall–Kier alpha value is -2.62. The van der Waals surface area contributed by atoms with Gasteiger partial charge in [0.15, 0.2) is 0 Å². The van der Waals surface area contributed by atoms with Crippen LogP contribution in [0.3, 0.4) is 0 Å². The maximum Gasteiger partial charge on any atom is 0.322 e. The number of benzene rings is 2. The number of aryl methyl sites for hydroxylation is 1. The van der Waals surface area contributed by atoms with Crippen LogP contribution in [0.15, 0.2) is 53.4 Å². The fourth-order valence-electron chi connectivity index (χ4n) is 1.68. The van der Waals surface area contributed by atoms with E-state index in [1.165, 1.54) is 12.1 Å². The van der Waals surface area contributed by atoms with E-state index in [0.29, 0.717) is 11.4 Å². The summed E-state index contributed by atoms with van der Waals surface area (Å²) in [4.78, 5) is 10.3. The second-order valence-electron chi connectivity index (χ2n) is 5.20. The standard InChI is InChI=1S/C9H13N3O2.C7H8O3S/c10-6-3-1-2-4-8(6)12-5-7(11)9(13)14;1-6-2-4-7(5-3-6)11(8,9)10/h1-4,7,12H,5,10-11H2,(H,13,14);2-5H,1H3,(H,8,9,10)/t7-;/m0./s1. The lowest BCUT2D eigenvalue weighted by atomic mass is 10.2. The van der Waals surface area contributed by atoms with Gasteiger partial charge in [-0.3, -0.25) is 9.35 Å². The van der Waals surface area contributed by atoms with E-state index in [1.54, 1.807) is 30.3 Å². The van der Waals surface area contributed by atoms with Crippen LogP contribution in [0, 0.1) is 6.92 Å². The molecule has 0 bridgehead atoms. The summed E-state index contributed by atoms with van der Waals surface area (Å²) >= 11 is 0. The van der Waals surface area contributed by atoms with Gasteiger partial charge in [0.25, 0.3) is 10.1 Å². The predicted molar refractivity (Wildman–Crippen MR) is 95.9 cm³/mol. The summed E-state index contributed by atoms with van der Waals surface area (Å²) in [5.74, 6) is -1.04. The second kappa shape index (κ2) is 9.02. The van der Waals surface area contributed by atoms with Crippen LogP contribution in [0.5, 0.6) is 0 Å². The van der Waals surface area contributed by atoms with Gasteiger partial charge in [-0.15, -0.1) is 0 Å². The van der Waals surface area contributed by atoms with Gasteiger partial charge in [0.1, 0.15) is 6.04 Å². The Morgan fingerprint density at radius 1 is 1.16 bits per heavy atom. The van der Waals surface area contributed by atoms with Crippen molar-refractivity contribution >= 4 is 27.5 Å². The summed E-state index contributed by atoms with van der Waals surface area (Å²) in [5.41, 5.74) is 13.2. The zero-order valence-electron chi connectivity index (χ0n) is 13.6. The molecule has 0 saturated carbocycles. The first-order valence-electron chi connectivity index (χ1n) is 7.22. The summed E-state index contributed by atoms with van der Waals surface area (Å²) in [6.45, 7) is 2.00. The topological polar surface area (TPSA) is 156 Å². The summed E-state index contributed by atoms with van der Waals surface area (Å²) in [6, 6.07) is 12.2. The van der Waals surface area contributed by atoms with Crippen LogP contribution < -0.4 is 16.8 Å². The molecule has 0 aliphatic carbocycles. The zero-order chi connectivity index (χ0) is 19.0. The van der Waals surface area contributed by atoms with E-state index in [4.69, 9.17) is 21.1 Å². The molecule has 136 valence electrons. The molecule has 0 aliphatic rings. The van der Waals surface area contributed by atoms with Gasteiger partial charge in [-0.1, -0.05) is 29.8 Å². The average molecular weight is 367 g/mol. The quantitative estimate of drug-likeness (QED) is 0.391. The van der Waals surface area contributed by atoms with Gasteiger partial charge in [-0.05, 0) is 31.2 Å². The maximum atomic E-state index is 10.5. The number of nitrogen functional groups attached to an aromatic ring is 1. The molecule has 0 aliphatic heterocycles. The number of aliphatic carboxylic acids is 1. The molecular formula is C16H21N3O5S. The number of nitrogens with two attached hydrogens (primary N) is 2. The van der Waals surface area contributed by atoms with Gasteiger partial charge >= 0.3 is 5.97 Å². The Bertz CT molecular complexity index is 807. The van der Waals surface area contributed by atoms with Crippen LogP contribution in [-0.2, 0) is 14.9 Å². The zero-order valence-corrected chi connectivity index (χ0v) is 14.4. The minimum atomic E-state index is -4.02. The van der Waals surface area contributed by atoms with Crippen molar-refractivity contribution in [2.45, 2.75) is 17.9 Å². The Morgan fingerprint density at radius 3 is 2.20 bits per heavy atom. The molecule has 0 aromatic heterocycles. The number of para-hydroxylation sites is 2. The fourth-order valence-corrected chi connectivity index (χ4v) is 2.16. The van der Waals surface area contributed by atoms with Crippen molar-refractivity contribution in [1.82, 2.24) is 0 Å². The lowest BCUT2D eigenvalue weighted by molar-refractivity contribution is -0.138. The van der Waals surface area contributed by atoms with E-state index >= 15 is 0 Å². The van der Waals surface area contributed by atoms with Gasteiger partial charge in [0.2, 0.25) is 0 Å². The highest BCUT2D eigenvalue weighted by molar-refractivity contribution is 7.85. The first-order chi connectivity index (χ1) is 11.6. The van der Waals surface area contributed by atoms with Gasteiger partial charge in [0.05, 0.1) is 16.3 Å². The molecule has 2 aromatic rings. The molecule has 0 saturated heterocycles. The number of carboxylic acid groups (broad SMARTS) is 1. The average Bonchev–Trinajstić information content (AvgIpc) is 2.54. The van der Waals surface area contributed by atoms with Gasteiger partial charge in [0, 0.05) is 6.54 Å². The molecule has 2 aromatic carbocycles. The van der Waals surface area contributed by atoms with E-state index < -0.39 is 22.1 Å². The molecule has 0 radical (unpaired) electrons. The predicted octanol–water partition coefficient (Wildman–Crippen LogP) is 1.33. The maximum absolute atomic E-state index is 10.5. The molecule has 8 nitrogen and oxygen atoms in total. The van der Waals surface area contributed by atoms with E-state index in [9.17, 15) is 13.2 Å². The van der Waals surface area contributed by atoms with E-state index in [1.807, 2.05) is 13.0 Å². The molecule has 0 spiro atoms. The minimum absolute atomic E-state index is 0.0666. The van der Waals surface area contributed by atoms with Crippen LogP contribution in [0.25, 0.3) is 0 Å². The second-order valence-corrected chi connectivity index (χ2v) is 6.62. The Morgan fingerprint density at radius 2 is 1.72 bits per heavy atom. The molecule has 0 unspecified atom stereocenters. The van der Waals surface area contributed by atoms with Crippen molar-refractivity contribution in [3.05, 3.63) is 54.1 Å². The van der Waals surface area contributed by atoms with Crippen LogP contribution >= 0.6 is 0 Å². The number of nitrogens with one attached hydrogen (secondary N) is 1. The van der Waals surface area contributed by atoms with Crippen molar-refractivity contribution in [1.29, 1.82) is 0 Å². The van der Waals surface area contributed by atoms with Crippen molar-refractivity contribution in [2.24, 2.45) is 5.73 Å². The molecule has 0 fully saturated rings. The molecular weight excluding hydrogens is 346 g/mol. The smallest absolute Gasteiger partial charge is 0.322 e. The highest BCUT2D eigenvalue weighted by Crippen LogP contribution is 2.16. The van der Waals surface area contributed by atoms with E-state index in [0.717, 1.165) is 5.56 Å². The van der Waals surface area contributed by atoms with Gasteiger partial charge in [-0.2, -0.15) is 8.42 Å². The third-order valence-corrected chi connectivity index (χ3v) is 3.98. The number of anilines is 2. The number of hydrogen-bond acceptors (Lipinski definition) is 6. The first kappa shape index (κ1) is 20.4. The number of rotatable bonds is 5. The Labute approximate surface area is 146 Å². The third-order valence-electron chi connectivity index (χ3n) is 3.11. The highest BCUT2D eigenvalue weighted by atomic mass is 32.2. The number of carboxylic acids is 1. The fraction of sp³-hybridized carbons (Fsp3) is 0.188. The van der Waals surface area contributed by atoms with Crippen LogP contribution in [0.1, 0.15) is 5.56 Å². The summed E-state index contributed by atoms with van der Waals surface area (Å²) in [6.07, 6.45) is 0. The van der Waals surface area contributed by atoms with Crippen LogP contribution in [0.4, 0.5) is 11.4 Å². The first-order valence-corrected chi connectivity index (χ1v) is 8.66. The largest absolute Gasteiger partial charge is 0.480 e. The van der Waals surface area contributed by atoms with Crippen molar-refractivity contribution in [2.75, 3.05) is 17.6 Å². The Kier molecular flexibility index (Phi) is 7.37. The molecule has 2 rings (SSSR count). The lowest BCUT2D eigenvalue weighted by Crippen LogP contribution is -2.37. The lowest BCUT2D eigenvalue weighted by Gasteiger charge is -2.11. The van der Waals surface area contributed by atoms with Crippen molar-refractivity contribution < 1.29 is 22.9 Å². The molecule has 7 N–H and O–H groups in total. The number of carbonyl (C=O) groups is 1. The van der Waals surface area contributed by atoms with Crippen molar-refractivity contribution in [3.8, 4) is 0 Å². The van der Waals surface area contributed by atoms with E-state index in [-0.39, 0.29) is 11.4 Å². The molecule has 1 atom stereocenters. The normalized spacial score (nSPS) is 11.8. The minimum Gasteiger partial charge on any atom is -0.480 e. The summed E-state index contributed by atoms with van der Waals surface area (Å²) in [7, 11) is -4.02. The number of hydrogen-bond donors (Lipinski definition) is 5. The van der Waals surface area contributed by atoms with Crippen LogP contribution in [0.2, 0.25) is 0 Å². The molecule has 25 heavy (non-hydrogen) atoms. The SMILES string of the molecule is Cc1ccc(S(=O)(=O)O)cc1.Nc1ccccc1NC[C@H](N)C(=O)O.